The van der Waals surface area contributed by atoms with Crippen molar-refractivity contribution in [3.05, 3.63) is 28.8 Å². The summed E-state index contributed by atoms with van der Waals surface area (Å²) in [6, 6.07) is 4.77. The predicted molar refractivity (Wildman–Crippen MR) is 130 cm³/mol. The number of aromatic hydroxyl groups is 1. The molecule has 0 heterocycles. The summed E-state index contributed by atoms with van der Waals surface area (Å²) >= 11 is 0. The van der Waals surface area contributed by atoms with Gasteiger partial charge in [0.05, 0.1) is 6.04 Å². The van der Waals surface area contributed by atoms with E-state index in [1.54, 1.807) is 0 Å². The average molecular weight is 412 g/mol. The number of aryl methyl sites for hydroxylation is 1. The Morgan fingerprint density at radius 2 is 1.40 bits per heavy atom. The number of hydrogen-bond donors (Lipinski definition) is 1. The van der Waals surface area contributed by atoms with Gasteiger partial charge in [0.15, 0.2) is 0 Å². The largest absolute Gasteiger partial charge is 0.507 e. The third-order valence-electron chi connectivity index (χ3n) is 7.93. The van der Waals surface area contributed by atoms with Crippen LogP contribution in [-0.4, -0.2) is 17.4 Å². The van der Waals surface area contributed by atoms with E-state index in [2.05, 4.69) is 32.9 Å². The molecular formula is C28H45NO. The van der Waals surface area contributed by atoms with Gasteiger partial charge in [0.1, 0.15) is 5.75 Å². The van der Waals surface area contributed by atoms with Crippen LogP contribution in [-0.2, 0) is 0 Å². The highest BCUT2D eigenvalue weighted by Gasteiger charge is 2.26. The summed E-state index contributed by atoms with van der Waals surface area (Å²) in [5.41, 5.74) is 3.36. The Labute approximate surface area is 185 Å². The molecule has 3 unspecified atom stereocenters. The molecule has 0 aromatic heterocycles. The molecule has 3 atom stereocenters. The maximum atomic E-state index is 11.2. The van der Waals surface area contributed by atoms with Crippen LogP contribution >= 0.6 is 0 Å². The van der Waals surface area contributed by atoms with Crippen molar-refractivity contribution in [2.24, 2.45) is 16.8 Å². The Kier molecular flexibility index (Phi) is 9.27. The Hall–Kier alpha value is -1.31. The number of nitrogens with zero attached hydrogens (tertiary/aromatic N) is 1. The second-order valence-corrected chi connectivity index (χ2v) is 10.4. The summed E-state index contributed by atoms with van der Waals surface area (Å²) in [6.07, 6.45) is 20.4. The zero-order chi connectivity index (χ0) is 21.3. The fourth-order valence-electron chi connectivity index (χ4n) is 5.66. The van der Waals surface area contributed by atoms with Crippen molar-refractivity contribution >= 4 is 6.21 Å². The van der Waals surface area contributed by atoms with E-state index in [4.69, 9.17) is 4.99 Å². The highest BCUT2D eigenvalue weighted by Crippen LogP contribution is 2.37. The van der Waals surface area contributed by atoms with E-state index < -0.39 is 0 Å². The minimum absolute atomic E-state index is 0.401. The van der Waals surface area contributed by atoms with Crippen molar-refractivity contribution in [2.75, 3.05) is 0 Å². The maximum absolute atomic E-state index is 11.2. The zero-order valence-corrected chi connectivity index (χ0v) is 19.8. The molecule has 2 saturated carbocycles. The summed E-state index contributed by atoms with van der Waals surface area (Å²) in [4.78, 5) is 4.97. The predicted octanol–water partition coefficient (Wildman–Crippen LogP) is 8.33. The van der Waals surface area contributed by atoms with Crippen LogP contribution in [0.15, 0.2) is 17.1 Å². The van der Waals surface area contributed by atoms with E-state index in [0.29, 0.717) is 23.6 Å². The molecule has 2 nitrogen and oxygen atoms in total. The number of phenols is 1. The quantitative estimate of drug-likeness (QED) is 0.498. The summed E-state index contributed by atoms with van der Waals surface area (Å²) < 4.78 is 0. The molecule has 0 radical (unpaired) electrons. The molecule has 0 bridgehead atoms. The van der Waals surface area contributed by atoms with E-state index in [9.17, 15) is 5.11 Å². The van der Waals surface area contributed by atoms with Gasteiger partial charge in [-0.1, -0.05) is 90.5 Å². The van der Waals surface area contributed by atoms with Crippen LogP contribution < -0.4 is 0 Å². The lowest BCUT2D eigenvalue weighted by Gasteiger charge is -2.31. The SMILES string of the molecule is Cc1cc(C=NC2CCCC(C)C2C)c(O)c(C2CCCCCCCCCCC2)c1. The lowest BCUT2D eigenvalue weighted by molar-refractivity contribution is 0.242. The Bertz CT molecular complexity index is 667. The van der Waals surface area contributed by atoms with Crippen LogP contribution in [0.3, 0.4) is 0 Å². The standard InChI is InChI=1S/C28H45NO/c1-21-18-25(20-29-27-17-13-14-22(2)23(27)3)28(30)26(19-21)24-15-11-9-7-5-4-6-8-10-12-16-24/h18-20,22-24,27,30H,4-17H2,1-3H3. The molecule has 2 aliphatic carbocycles. The maximum Gasteiger partial charge on any atom is 0.127 e. The molecule has 2 heteroatoms. The van der Waals surface area contributed by atoms with Gasteiger partial charge < -0.3 is 5.11 Å². The van der Waals surface area contributed by atoms with Crippen LogP contribution in [0.4, 0.5) is 0 Å². The van der Waals surface area contributed by atoms with E-state index in [1.807, 2.05) is 6.21 Å². The van der Waals surface area contributed by atoms with Gasteiger partial charge in [0.2, 0.25) is 0 Å². The Morgan fingerprint density at radius 3 is 2.03 bits per heavy atom. The van der Waals surface area contributed by atoms with Crippen LogP contribution in [0.5, 0.6) is 5.75 Å². The lowest BCUT2D eigenvalue weighted by atomic mass is 9.78. The number of hydrogen-bond acceptors (Lipinski definition) is 2. The summed E-state index contributed by atoms with van der Waals surface area (Å²) in [7, 11) is 0. The van der Waals surface area contributed by atoms with E-state index in [0.717, 1.165) is 11.5 Å². The van der Waals surface area contributed by atoms with E-state index in [-0.39, 0.29) is 0 Å². The van der Waals surface area contributed by atoms with Gasteiger partial charge in [0, 0.05) is 11.8 Å². The first-order valence-electron chi connectivity index (χ1n) is 12.9. The van der Waals surface area contributed by atoms with E-state index >= 15 is 0 Å². The molecule has 168 valence electrons. The van der Waals surface area contributed by atoms with E-state index in [1.165, 1.54) is 101 Å². The number of aliphatic imine (C=N–C) groups is 1. The molecule has 30 heavy (non-hydrogen) atoms. The molecule has 0 spiro atoms. The second kappa shape index (κ2) is 11.9. The van der Waals surface area contributed by atoms with Gasteiger partial charge in [0.25, 0.3) is 0 Å². The molecule has 0 saturated heterocycles. The Morgan fingerprint density at radius 1 is 0.800 bits per heavy atom. The number of benzene rings is 1. The first-order chi connectivity index (χ1) is 14.6. The summed E-state index contributed by atoms with van der Waals surface area (Å²) in [5.74, 6) is 2.37. The van der Waals surface area contributed by atoms with Crippen LogP contribution in [0.1, 0.15) is 126 Å². The minimum Gasteiger partial charge on any atom is -0.507 e. The molecule has 0 amide bonds. The highest BCUT2D eigenvalue weighted by atomic mass is 16.3. The monoisotopic (exact) mass is 411 g/mol. The van der Waals surface area contributed by atoms with Crippen molar-refractivity contribution in [1.29, 1.82) is 0 Å². The van der Waals surface area contributed by atoms with Crippen molar-refractivity contribution in [1.82, 2.24) is 0 Å². The average Bonchev–Trinajstić information content (AvgIpc) is 2.72. The molecule has 1 aromatic carbocycles. The fraction of sp³-hybridized carbons (Fsp3) is 0.750. The van der Waals surface area contributed by atoms with Crippen LogP contribution in [0.25, 0.3) is 0 Å². The van der Waals surface area contributed by atoms with Crippen molar-refractivity contribution in [2.45, 2.75) is 123 Å². The minimum atomic E-state index is 0.401. The summed E-state index contributed by atoms with van der Waals surface area (Å²) in [6.45, 7) is 6.87. The lowest BCUT2D eigenvalue weighted by Crippen LogP contribution is -2.27. The van der Waals surface area contributed by atoms with Gasteiger partial charge in [-0.05, 0) is 61.1 Å². The Balaban J connectivity index is 1.76. The zero-order valence-electron chi connectivity index (χ0n) is 19.8. The number of rotatable bonds is 3. The third-order valence-corrected chi connectivity index (χ3v) is 7.93. The molecule has 3 rings (SSSR count). The molecule has 2 fully saturated rings. The van der Waals surface area contributed by atoms with Crippen LogP contribution in [0.2, 0.25) is 0 Å². The van der Waals surface area contributed by atoms with Crippen molar-refractivity contribution in [3.8, 4) is 5.75 Å². The fourth-order valence-corrected chi connectivity index (χ4v) is 5.66. The van der Waals surface area contributed by atoms with Gasteiger partial charge in [-0.25, -0.2) is 0 Å². The molecule has 0 aliphatic heterocycles. The first kappa shape index (κ1) is 23.4. The van der Waals surface area contributed by atoms with Crippen molar-refractivity contribution in [3.63, 3.8) is 0 Å². The molecule has 2 aliphatic rings. The second-order valence-electron chi connectivity index (χ2n) is 10.4. The topological polar surface area (TPSA) is 32.6 Å². The number of phenolic OH excluding ortho intramolecular Hbond substituents is 1. The van der Waals surface area contributed by atoms with Crippen LogP contribution in [0, 0.1) is 18.8 Å². The van der Waals surface area contributed by atoms with Gasteiger partial charge in [-0.15, -0.1) is 0 Å². The molecular weight excluding hydrogens is 366 g/mol. The normalized spacial score (nSPS) is 28.2. The van der Waals surface area contributed by atoms with Gasteiger partial charge in [-0.2, -0.15) is 0 Å². The van der Waals surface area contributed by atoms with Crippen molar-refractivity contribution < 1.29 is 5.11 Å². The van der Waals surface area contributed by atoms with Gasteiger partial charge >= 0.3 is 0 Å². The summed E-state index contributed by atoms with van der Waals surface area (Å²) in [5, 5.41) is 11.2. The van der Waals surface area contributed by atoms with Gasteiger partial charge in [-0.3, -0.25) is 4.99 Å². The molecule has 1 N–H and O–H groups in total. The first-order valence-corrected chi connectivity index (χ1v) is 12.9. The molecule has 1 aromatic rings. The highest BCUT2D eigenvalue weighted by molar-refractivity contribution is 5.84. The third kappa shape index (κ3) is 6.59. The smallest absolute Gasteiger partial charge is 0.127 e.